The van der Waals surface area contributed by atoms with Crippen LogP contribution in [0.5, 0.6) is 0 Å². The zero-order valence-electron chi connectivity index (χ0n) is 14.6. The predicted molar refractivity (Wildman–Crippen MR) is 107 cm³/mol. The third-order valence-corrected chi connectivity index (χ3v) is 5.93. The number of hydrogen-bond acceptors (Lipinski definition) is 6. The number of pyridine rings is 1. The molecule has 0 aliphatic rings. The summed E-state index contributed by atoms with van der Waals surface area (Å²) in [4.78, 5) is 31.0. The van der Waals surface area contributed by atoms with Gasteiger partial charge in [0.15, 0.2) is 5.78 Å². The fourth-order valence-electron chi connectivity index (χ4n) is 2.50. The molecule has 2 aromatic heterocycles. The van der Waals surface area contributed by atoms with Crippen molar-refractivity contribution in [3.05, 3.63) is 64.2 Å². The zero-order chi connectivity index (χ0) is 18.7. The number of thioether (sulfide) groups is 1. The molecule has 0 amide bonds. The lowest BCUT2D eigenvalue weighted by Gasteiger charge is -1.99. The van der Waals surface area contributed by atoms with Gasteiger partial charge in [-0.3, -0.25) is 4.79 Å². The maximum absolute atomic E-state index is 12.5. The van der Waals surface area contributed by atoms with Gasteiger partial charge >= 0.3 is 5.97 Å². The molecule has 2 heterocycles. The molecule has 0 spiro atoms. The first-order valence-corrected chi connectivity index (χ1v) is 9.91. The molecule has 4 nitrogen and oxygen atoms in total. The molecule has 0 unspecified atom stereocenters. The van der Waals surface area contributed by atoms with Gasteiger partial charge in [0.25, 0.3) is 0 Å². The van der Waals surface area contributed by atoms with Crippen molar-refractivity contribution in [2.45, 2.75) is 11.8 Å². The van der Waals surface area contributed by atoms with Gasteiger partial charge in [0.2, 0.25) is 0 Å². The van der Waals surface area contributed by atoms with Crippen LogP contribution in [0.1, 0.15) is 31.2 Å². The number of carbonyl (C=O) groups excluding carboxylic acids is 2. The summed E-state index contributed by atoms with van der Waals surface area (Å²) in [6.07, 6.45) is 6.90. The first-order chi connectivity index (χ1) is 12.5. The Balaban J connectivity index is 1.87. The van der Waals surface area contributed by atoms with Gasteiger partial charge in [0, 0.05) is 22.0 Å². The molecule has 0 saturated heterocycles. The number of allylic oxidation sites excluding steroid dienone is 1. The number of aromatic nitrogens is 1. The van der Waals surface area contributed by atoms with E-state index in [1.165, 1.54) is 23.3 Å². The van der Waals surface area contributed by atoms with Crippen LogP contribution in [0.25, 0.3) is 16.3 Å². The van der Waals surface area contributed by atoms with Gasteiger partial charge in [0.1, 0.15) is 9.71 Å². The van der Waals surface area contributed by atoms with Crippen LogP contribution in [0, 0.1) is 6.92 Å². The third kappa shape index (κ3) is 3.71. The number of hydrogen-bond donors (Lipinski definition) is 0. The number of carbonyl (C=O) groups is 2. The van der Waals surface area contributed by atoms with Crippen LogP contribution >= 0.6 is 23.1 Å². The monoisotopic (exact) mass is 383 g/mol. The lowest BCUT2D eigenvalue weighted by atomic mass is 10.1. The number of methoxy groups -OCH3 is 1. The number of rotatable bonds is 5. The Morgan fingerprint density at radius 1 is 1.23 bits per heavy atom. The summed E-state index contributed by atoms with van der Waals surface area (Å²) in [5, 5.41) is 0.805. The molecule has 26 heavy (non-hydrogen) atoms. The Hall–Kier alpha value is -2.44. The molecule has 132 valence electrons. The number of ketones is 1. The number of fused-ring (bicyclic) bond motifs is 1. The van der Waals surface area contributed by atoms with Crippen LogP contribution in [-0.2, 0) is 4.74 Å². The molecule has 0 saturated carbocycles. The molecule has 0 fully saturated rings. The summed E-state index contributed by atoms with van der Waals surface area (Å²) in [5.41, 5.74) is 2.24. The Labute approximate surface area is 159 Å². The number of ether oxygens (including phenoxy) is 1. The molecule has 0 bridgehead atoms. The lowest BCUT2D eigenvalue weighted by molar-refractivity contribution is 0.0605. The van der Waals surface area contributed by atoms with Gasteiger partial charge in [-0.25, -0.2) is 9.78 Å². The van der Waals surface area contributed by atoms with Crippen molar-refractivity contribution in [2.24, 2.45) is 0 Å². The van der Waals surface area contributed by atoms with Gasteiger partial charge in [-0.1, -0.05) is 18.2 Å². The molecule has 0 atom stereocenters. The summed E-state index contributed by atoms with van der Waals surface area (Å²) in [6, 6.07) is 9.77. The predicted octanol–water partition coefficient (Wildman–Crippen LogP) is 5.01. The van der Waals surface area contributed by atoms with Crippen molar-refractivity contribution in [3.8, 4) is 0 Å². The third-order valence-electron chi connectivity index (χ3n) is 3.99. The van der Waals surface area contributed by atoms with Crippen molar-refractivity contribution >= 4 is 51.1 Å². The van der Waals surface area contributed by atoms with Crippen LogP contribution in [-0.4, -0.2) is 30.1 Å². The first kappa shape index (κ1) is 18.4. The van der Waals surface area contributed by atoms with Crippen molar-refractivity contribution < 1.29 is 14.3 Å². The van der Waals surface area contributed by atoms with E-state index in [1.54, 1.807) is 36.2 Å². The van der Waals surface area contributed by atoms with E-state index >= 15 is 0 Å². The summed E-state index contributed by atoms with van der Waals surface area (Å²) >= 11 is 2.95. The first-order valence-electron chi connectivity index (χ1n) is 7.87. The zero-order valence-corrected chi connectivity index (χ0v) is 16.2. The number of benzene rings is 1. The highest BCUT2D eigenvalue weighted by atomic mass is 32.2. The minimum absolute atomic E-state index is 0.126. The Morgan fingerprint density at radius 3 is 2.62 bits per heavy atom. The van der Waals surface area contributed by atoms with E-state index in [1.807, 2.05) is 37.4 Å². The van der Waals surface area contributed by atoms with Gasteiger partial charge in [-0.05, 0) is 48.6 Å². The number of thiophene rings is 1. The maximum Gasteiger partial charge on any atom is 0.348 e. The average molecular weight is 383 g/mol. The standard InChI is InChI=1S/C20H17NO3S2/c1-12-16-10-14(11-21-19(16)26-18(12)20(23)24-2)17(22)9-6-13-4-7-15(25-3)8-5-13/h4-11H,1-3H3/b9-6+. The van der Waals surface area contributed by atoms with Gasteiger partial charge in [-0.2, -0.15) is 0 Å². The van der Waals surface area contributed by atoms with Crippen LogP contribution in [0.2, 0.25) is 0 Å². The molecule has 6 heteroatoms. The average Bonchev–Trinajstić information content (AvgIpc) is 3.02. The van der Waals surface area contributed by atoms with E-state index < -0.39 is 0 Å². The van der Waals surface area contributed by atoms with E-state index in [4.69, 9.17) is 4.74 Å². The molecule has 0 radical (unpaired) electrons. The minimum atomic E-state index is -0.382. The molecule has 3 aromatic rings. The van der Waals surface area contributed by atoms with Gasteiger partial charge in [-0.15, -0.1) is 23.1 Å². The second-order valence-electron chi connectivity index (χ2n) is 5.60. The molecule has 0 aliphatic carbocycles. The summed E-state index contributed by atoms with van der Waals surface area (Å²) in [5.74, 6) is -0.509. The summed E-state index contributed by atoms with van der Waals surface area (Å²) in [6.45, 7) is 1.84. The van der Waals surface area contributed by atoms with E-state index in [9.17, 15) is 9.59 Å². The molecule has 3 rings (SSSR count). The van der Waals surface area contributed by atoms with Crippen LogP contribution < -0.4 is 0 Å². The molecular weight excluding hydrogens is 366 g/mol. The summed E-state index contributed by atoms with van der Waals surface area (Å²) in [7, 11) is 1.35. The Bertz CT molecular complexity index is 1000. The molecular formula is C20H17NO3S2. The fourth-order valence-corrected chi connectivity index (χ4v) is 3.96. The van der Waals surface area contributed by atoms with E-state index in [-0.39, 0.29) is 11.8 Å². The van der Waals surface area contributed by atoms with Crippen molar-refractivity contribution in [2.75, 3.05) is 13.4 Å². The minimum Gasteiger partial charge on any atom is -0.465 e. The maximum atomic E-state index is 12.5. The highest BCUT2D eigenvalue weighted by Crippen LogP contribution is 2.30. The van der Waals surface area contributed by atoms with Crippen molar-refractivity contribution in [3.63, 3.8) is 0 Å². The van der Waals surface area contributed by atoms with Crippen LogP contribution in [0.3, 0.4) is 0 Å². The molecule has 1 aromatic carbocycles. The van der Waals surface area contributed by atoms with Gasteiger partial charge < -0.3 is 4.74 Å². The molecule has 0 N–H and O–H groups in total. The smallest absolute Gasteiger partial charge is 0.348 e. The second kappa shape index (κ2) is 7.85. The van der Waals surface area contributed by atoms with Crippen LogP contribution in [0.15, 0.2) is 47.5 Å². The largest absolute Gasteiger partial charge is 0.465 e. The highest BCUT2D eigenvalue weighted by molar-refractivity contribution is 7.98. The van der Waals surface area contributed by atoms with Crippen molar-refractivity contribution in [1.82, 2.24) is 4.98 Å². The fraction of sp³-hybridized carbons (Fsp3) is 0.150. The number of nitrogens with zero attached hydrogens (tertiary/aromatic N) is 1. The van der Waals surface area contributed by atoms with Crippen LogP contribution in [0.4, 0.5) is 0 Å². The summed E-state index contributed by atoms with van der Waals surface area (Å²) < 4.78 is 4.79. The Kier molecular flexibility index (Phi) is 5.54. The van der Waals surface area contributed by atoms with Gasteiger partial charge in [0.05, 0.1) is 7.11 Å². The quantitative estimate of drug-likeness (QED) is 0.268. The van der Waals surface area contributed by atoms with E-state index in [2.05, 4.69) is 4.98 Å². The van der Waals surface area contributed by atoms with Crippen molar-refractivity contribution in [1.29, 1.82) is 0 Å². The number of aryl methyl sites for hydroxylation is 1. The normalized spacial score (nSPS) is 11.2. The second-order valence-corrected chi connectivity index (χ2v) is 7.47. The lowest BCUT2D eigenvalue weighted by Crippen LogP contribution is -1.99. The molecule has 0 aliphatic heterocycles. The topological polar surface area (TPSA) is 56.3 Å². The number of esters is 1. The highest BCUT2D eigenvalue weighted by Gasteiger charge is 2.17. The Morgan fingerprint density at radius 2 is 1.96 bits per heavy atom. The SMILES string of the molecule is COC(=O)c1sc2ncc(C(=O)/C=C/c3ccc(SC)cc3)cc2c1C. The van der Waals surface area contributed by atoms with E-state index in [0.29, 0.717) is 10.4 Å². The van der Waals surface area contributed by atoms with E-state index in [0.717, 1.165) is 21.3 Å².